The molecule has 72 heavy (non-hydrogen) atoms. The molecule has 7 aromatic carbocycles. The quantitative estimate of drug-likeness (QED) is 0.0551. The van der Waals surface area contributed by atoms with Gasteiger partial charge in [0.15, 0.2) is 6.29 Å². The summed E-state index contributed by atoms with van der Waals surface area (Å²) < 4.78 is 69.2. The standard InChI is InChI=1S/C62H66O10/c1-46-56(64-38-48-25-11-3-12-26-48)59(67-41-51-31-17-6-18-32-51)58(66-40-50-29-15-5-16-30-50)55(71-46)45-70-62-61(69-43-53-35-21-8-22-36-53)60(68-42-52-33-19-7-20-34-52)57(65-39-49-27-13-4-14-28-49)54(72-62)44-63-37-47-23-9-2-10-24-47/h2-36,46,54-62H,37-45H2,1H3/t46-,54?,55?,56?,57-,58-,59-,60-,61?,62+/m0/s1. The molecule has 2 aliphatic rings. The predicted molar refractivity (Wildman–Crippen MR) is 275 cm³/mol. The summed E-state index contributed by atoms with van der Waals surface area (Å²) in [5, 5.41) is 0. The number of rotatable bonds is 25. The molecule has 2 saturated heterocycles. The van der Waals surface area contributed by atoms with E-state index >= 15 is 0 Å². The Hall–Kier alpha value is -5.86. The van der Waals surface area contributed by atoms with Crippen LogP contribution in [-0.2, 0) is 93.6 Å². The van der Waals surface area contributed by atoms with Crippen LogP contribution in [0.4, 0.5) is 0 Å². The van der Waals surface area contributed by atoms with Crippen molar-refractivity contribution in [1.82, 2.24) is 0 Å². The molecule has 0 amide bonds. The van der Waals surface area contributed by atoms with Crippen molar-refractivity contribution in [3.63, 3.8) is 0 Å². The number of ether oxygens (including phenoxy) is 10. The van der Waals surface area contributed by atoms with E-state index in [0.29, 0.717) is 39.6 Å². The summed E-state index contributed by atoms with van der Waals surface area (Å²) >= 11 is 0. The first-order valence-electron chi connectivity index (χ1n) is 25.1. The fraction of sp³-hybridized carbons (Fsp3) is 0.323. The molecule has 9 rings (SSSR count). The van der Waals surface area contributed by atoms with Crippen molar-refractivity contribution in [2.45, 2.75) is 114 Å². The lowest BCUT2D eigenvalue weighted by molar-refractivity contribution is -0.339. The normalized spacial score (nSPS) is 24.2. The van der Waals surface area contributed by atoms with E-state index in [0.717, 1.165) is 38.9 Å². The zero-order valence-electron chi connectivity index (χ0n) is 40.9. The van der Waals surface area contributed by atoms with Gasteiger partial charge in [0.25, 0.3) is 0 Å². The molecule has 0 aromatic heterocycles. The molecule has 7 aromatic rings. The fourth-order valence-electron chi connectivity index (χ4n) is 9.22. The first-order chi connectivity index (χ1) is 35.6. The van der Waals surface area contributed by atoms with Gasteiger partial charge in [0.2, 0.25) is 0 Å². The largest absolute Gasteiger partial charge is 0.374 e. The van der Waals surface area contributed by atoms with Crippen LogP contribution >= 0.6 is 0 Å². The summed E-state index contributed by atoms with van der Waals surface area (Å²) in [7, 11) is 0. The average Bonchev–Trinajstić information content (AvgIpc) is 3.44. The van der Waals surface area contributed by atoms with Gasteiger partial charge in [0, 0.05) is 0 Å². The van der Waals surface area contributed by atoms with Crippen LogP contribution in [0.15, 0.2) is 212 Å². The van der Waals surface area contributed by atoms with E-state index in [1.54, 1.807) is 0 Å². The summed E-state index contributed by atoms with van der Waals surface area (Å²) in [5.74, 6) is 0. The SMILES string of the molecule is C[C@@H]1OC(CO[C@@H]2OC(COCc3ccccc3)[C@H](OCc3ccccc3)[C@H](OCc3ccccc3)C2OCc2ccccc2)[C@H](OCc2ccccc2)[C@@H](OCc2ccccc2)C1OCc1ccccc1. The first-order valence-corrected chi connectivity index (χ1v) is 25.1. The summed E-state index contributed by atoms with van der Waals surface area (Å²) in [4.78, 5) is 0. The molecule has 2 heterocycles. The van der Waals surface area contributed by atoms with Crippen LogP contribution in [0.1, 0.15) is 45.9 Å². The Morgan fingerprint density at radius 1 is 0.278 bits per heavy atom. The van der Waals surface area contributed by atoms with Crippen LogP contribution in [0.5, 0.6) is 0 Å². The summed E-state index contributed by atoms with van der Waals surface area (Å²) in [6, 6.07) is 70.9. The van der Waals surface area contributed by atoms with Gasteiger partial charge in [-0.15, -0.1) is 0 Å². The molecule has 0 spiro atoms. The second-order valence-corrected chi connectivity index (χ2v) is 18.3. The molecule has 374 valence electrons. The van der Waals surface area contributed by atoms with Gasteiger partial charge in [-0.3, -0.25) is 0 Å². The van der Waals surface area contributed by atoms with Gasteiger partial charge < -0.3 is 47.4 Å². The van der Waals surface area contributed by atoms with Crippen molar-refractivity contribution in [2.24, 2.45) is 0 Å². The Kier molecular flexibility index (Phi) is 19.3. The molecular formula is C62H66O10. The van der Waals surface area contributed by atoms with Crippen LogP contribution in [-0.4, -0.2) is 74.4 Å². The third-order valence-corrected chi connectivity index (χ3v) is 13.0. The van der Waals surface area contributed by atoms with Gasteiger partial charge in [0.05, 0.1) is 65.6 Å². The molecule has 0 N–H and O–H groups in total. The molecule has 0 saturated carbocycles. The molecular weight excluding hydrogens is 905 g/mol. The highest BCUT2D eigenvalue weighted by atomic mass is 16.7. The second kappa shape index (κ2) is 27.3. The smallest absolute Gasteiger partial charge is 0.187 e. The highest BCUT2D eigenvalue weighted by Gasteiger charge is 2.51. The maximum Gasteiger partial charge on any atom is 0.187 e. The van der Waals surface area contributed by atoms with Crippen LogP contribution in [0, 0.1) is 0 Å². The topological polar surface area (TPSA) is 92.3 Å². The molecule has 2 fully saturated rings. The first kappa shape index (κ1) is 51.1. The monoisotopic (exact) mass is 970 g/mol. The van der Waals surface area contributed by atoms with E-state index in [2.05, 4.69) is 60.7 Å². The average molecular weight is 971 g/mol. The van der Waals surface area contributed by atoms with E-state index in [9.17, 15) is 0 Å². The zero-order valence-corrected chi connectivity index (χ0v) is 40.9. The van der Waals surface area contributed by atoms with Crippen molar-refractivity contribution < 1.29 is 47.4 Å². The Bertz CT molecular complexity index is 2540. The maximum atomic E-state index is 7.10. The Labute approximate surface area is 424 Å². The van der Waals surface area contributed by atoms with Crippen molar-refractivity contribution in [1.29, 1.82) is 0 Å². The molecule has 10 heteroatoms. The Morgan fingerprint density at radius 3 is 0.917 bits per heavy atom. The molecule has 0 radical (unpaired) electrons. The van der Waals surface area contributed by atoms with Gasteiger partial charge in [-0.25, -0.2) is 0 Å². The third-order valence-electron chi connectivity index (χ3n) is 13.0. The highest BCUT2D eigenvalue weighted by molar-refractivity contribution is 5.19. The predicted octanol–water partition coefficient (Wildman–Crippen LogP) is 11.2. The number of benzene rings is 7. The van der Waals surface area contributed by atoms with Gasteiger partial charge in [-0.05, 0) is 45.9 Å². The summed E-state index contributed by atoms with van der Waals surface area (Å²) in [6.45, 7) is 4.60. The van der Waals surface area contributed by atoms with Crippen molar-refractivity contribution in [3.05, 3.63) is 251 Å². The summed E-state index contributed by atoms with van der Waals surface area (Å²) in [5.41, 5.74) is 7.16. The van der Waals surface area contributed by atoms with Gasteiger partial charge in [-0.1, -0.05) is 212 Å². The second-order valence-electron chi connectivity index (χ2n) is 18.3. The minimum Gasteiger partial charge on any atom is -0.374 e. The minimum absolute atomic E-state index is 0.0643. The maximum absolute atomic E-state index is 7.10. The van der Waals surface area contributed by atoms with E-state index < -0.39 is 61.2 Å². The van der Waals surface area contributed by atoms with E-state index in [1.165, 1.54) is 0 Å². The van der Waals surface area contributed by atoms with Crippen LogP contribution in [0.2, 0.25) is 0 Å². The van der Waals surface area contributed by atoms with Gasteiger partial charge in [-0.2, -0.15) is 0 Å². The Morgan fingerprint density at radius 2 is 0.556 bits per heavy atom. The lowest BCUT2D eigenvalue weighted by atomic mass is 9.94. The fourth-order valence-corrected chi connectivity index (χ4v) is 9.22. The lowest BCUT2D eigenvalue weighted by Crippen LogP contribution is -2.63. The van der Waals surface area contributed by atoms with Crippen LogP contribution in [0.3, 0.4) is 0 Å². The van der Waals surface area contributed by atoms with Crippen LogP contribution < -0.4 is 0 Å². The van der Waals surface area contributed by atoms with Crippen molar-refractivity contribution >= 4 is 0 Å². The lowest BCUT2D eigenvalue weighted by Gasteiger charge is -2.48. The molecule has 0 aliphatic carbocycles. The molecule has 10 atom stereocenters. The number of hydrogen-bond acceptors (Lipinski definition) is 10. The van der Waals surface area contributed by atoms with E-state index in [1.807, 2.05) is 159 Å². The molecule has 0 bridgehead atoms. The van der Waals surface area contributed by atoms with E-state index in [4.69, 9.17) is 47.4 Å². The minimum atomic E-state index is -0.958. The van der Waals surface area contributed by atoms with Crippen molar-refractivity contribution in [3.8, 4) is 0 Å². The molecule has 2 aliphatic heterocycles. The summed E-state index contributed by atoms with van der Waals surface area (Å²) in [6.07, 6.45) is -6.35. The molecule has 10 nitrogen and oxygen atoms in total. The van der Waals surface area contributed by atoms with Crippen LogP contribution in [0.25, 0.3) is 0 Å². The third kappa shape index (κ3) is 14.9. The number of hydrogen-bond donors (Lipinski definition) is 0. The zero-order chi connectivity index (χ0) is 49.0. The van der Waals surface area contributed by atoms with Gasteiger partial charge in [0.1, 0.15) is 48.8 Å². The highest BCUT2D eigenvalue weighted by Crippen LogP contribution is 2.35. The van der Waals surface area contributed by atoms with E-state index in [-0.39, 0.29) is 19.8 Å². The molecule has 4 unspecified atom stereocenters. The Balaban J connectivity index is 1.04. The van der Waals surface area contributed by atoms with Gasteiger partial charge >= 0.3 is 0 Å². The van der Waals surface area contributed by atoms with Crippen molar-refractivity contribution in [2.75, 3.05) is 13.2 Å².